The lowest BCUT2D eigenvalue weighted by atomic mass is 10.1. The van der Waals surface area contributed by atoms with E-state index in [4.69, 9.17) is 23.9 Å². The van der Waals surface area contributed by atoms with Gasteiger partial charge in [0.15, 0.2) is 17.5 Å². The monoisotopic (exact) mass is 564 g/mol. The van der Waals surface area contributed by atoms with E-state index in [1.807, 2.05) is 12.1 Å². The lowest BCUT2D eigenvalue weighted by molar-refractivity contribution is 0.0536. The Kier molecular flexibility index (Phi) is 13.9. The highest BCUT2D eigenvalue weighted by Gasteiger charge is 2.25. The first kappa shape index (κ1) is 28.7. The van der Waals surface area contributed by atoms with Crippen LogP contribution in [0.25, 0.3) is 0 Å². The standard InChI is InChI=1S/C23H40N4O4.HI/c1-7-24-23(27-11-10-18(16-27)17-31-13-12-28-4)25-15-20(26(2)3)19-8-9-21(29-5)22(14-19)30-6;/h8-9,14,18,20H,7,10-13,15-17H2,1-6H3,(H,24,25);1H. The van der Waals surface area contributed by atoms with Gasteiger partial charge in [0.25, 0.3) is 0 Å². The van der Waals surface area contributed by atoms with Crippen molar-refractivity contribution in [1.82, 2.24) is 15.1 Å². The van der Waals surface area contributed by atoms with E-state index in [0.29, 0.717) is 25.7 Å². The number of methoxy groups -OCH3 is 3. The normalized spacial score (nSPS) is 17.3. The van der Waals surface area contributed by atoms with E-state index in [9.17, 15) is 0 Å². The van der Waals surface area contributed by atoms with Crippen molar-refractivity contribution in [3.63, 3.8) is 0 Å². The van der Waals surface area contributed by atoms with Crippen LogP contribution in [0.5, 0.6) is 11.5 Å². The molecule has 1 aromatic rings. The number of ether oxygens (including phenoxy) is 4. The van der Waals surface area contributed by atoms with E-state index in [-0.39, 0.29) is 30.0 Å². The summed E-state index contributed by atoms with van der Waals surface area (Å²) in [6.07, 6.45) is 1.12. The molecule has 1 aromatic carbocycles. The molecule has 1 aliphatic rings. The first-order chi connectivity index (χ1) is 15.0. The molecule has 1 heterocycles. The molecule has 184 valence electrons. The molecule has 8 nitrogen and oxygen atoms in total. The maximum Gasteiger partial charge on any atom is 0.193 e. The second kappa shape index (κ2) is 15.5. The molecule has 0 radical (unpaired) electrons. The quantitative estimate of drug-likeness (QED) is 0.181. The number of aliphatic imine (C=N–C) groups is 1. The topological polar surface area (TPSA) is 67.8 Å². The van der Waals surface area contributed by atoms with Crippen molar-refractivity contribution in [3.05, 3.63) is 23.8 Å². The smallest absolute Gasteiger partial charge is 0.193 e. The van der Waals surface area contributed by atoms with Crippen molar-refractivity contribution in [1.29, 1.82) is 0 Å². The number of nitrogens with zero attached hydrogens (tertiary/aromatic N) is 3. The van der Waals surface area contributed by atoms with Crippen LogP contribution in [-0.2, 0) is 9.47 Å². The Balaban J connectivity index is 0.00000512. The van der Waals surface area contributed by atoms with Gasteiger partial charge in [-0.25, -0.2) is 0 Å². The summed E-state index contributed by atoms with van der Waals surface area (Å²) in [5.41, 5.74) is 1.15. The van der Waals surface area contributed by atoms with Gasteiger partial charge in [-0.05, 0) is 45.1 Å². The summed E-state index contributed by atoms with van der Waals surface area (Å²) >= 11 is 0. The molecule has 1 saturated heterocycles. The Hall–Kier alpha value is -1.30. The predicted molar refractivity (Wildman–Crippen MR) is 140 cm³/mol. The molecule has 0 saturated carbocycles. The highest BCUT2D eigenvalue weighted by molar-refractivity contribution is 14.0. The van der Waals surface area contributed by atoms with E-state index in [1.54, 1.807) is 21.3 Å². The van der Waals surface area contributed by atoms with Gasteiger partial charge >= 0.3 is 0 Å². The van der Waals surface area contributed by atoms with Crippen LogP contribution in [0.2, 0.25) is 0 Å². The predicted octanol–water partition coefficient (Wildman–Crippen LogP) is 2.87. The van der Waals surface area contributed by atoms with E-state index < -0.39 is 0 Å². The maximum absolute atomic E-state index is 5.73. The van der Waals surface area contributed by atoms with Gasteiger partial charge in [-0.2, -0.15) is 0 Å². The first-order valence-electron chi connectivity index (χ1n) is 11.0. The zero-order valence-corrected chi connectivity index (χ0v) is 22.8. The van der Waals surface area contributed by atoms with E-state index in [0.717, 1.165) is 55.7 Å². The fraction of sp³-hybridized carbons (Fsp3) is 0.696. The third kappa shape index (κ3) is 8.57. The molecule has 2 atom stereocenters. The van der Waals surface area contributed by atoms with Crippen LogP contribution in [0, 0.1) is 5.92 Å². The fourth-order valence-corrected chi connectivity index (χ4v) is 3.78. The number of halogens is 1. The third-order valence-electron chi connectivity index (χ3n) is 5.54. The van der Waals surface area contributed by atoms with E-state index >= 15 is 0 Å². The molecule has 2 rings (SSSR count). The fourth-order valence-electron chi connectivity index (χ4n) is 3.78. The summed E-state index contributed by atoms with van der Waals surface area (Å²) in [5.74, 6) is 2.96. The van der Waals surface area contributed by atoms with Gasteiger partial charge in [0, 0.05) is 32.7 Å². The van der Waals surface area contributed by atoms with Gasteiger partial charge in [0.2, 0.25) is 0 Å². The zero-order chi connectivity index (χ0) is 22.6. The average Bonchev–Trinajstić information content (AvgIpc) is 3.24. The Morgan fingerprint density at radius 3 is 2.56 bits per heavy atom. The van der Waals surface area contributed by atoms with Crippen LogP contribution in [-0.4, -0.2) is 97.2 Å². The van der Waals surface area contributed by atoms with Crippen molar-refractivity contribution >= 4 is 29.9 Å². The van der Waals surface area contributed by atoms with Gasteiger partial charge in [0.1, 0.15) is 0 Å². The molecule has 0 aliphatic carbocycles. The van der Waals surface area contributed by atoms with Crippen LogP contribution in [0.4, 0.5) is 0 Å². The van der Waals surface area contributed by atoms with Gasteiger partial charge in [-0.15, -0.1) is 24.0 Å². The Bertz CT molecular complexity index is 690. The molecule has 1 fully saturated rings. The molecular formula is C23H41IN4O4. The lowest BCUT2D eigenvalue weighted by Crippen LogP contribution is -2.41. The van der Waals surface area contributed by atoms with Crippen LogP contribution in [0.1, 0.15) is 24.9 Å². The van der Waals surface area contributed by atoms with Crippen LogP contribution < -0.4 is 14.8 Å². The Morgan fingerprint density at radius 1 is 1.19 bits per heavy atom. The van der Waals surface area contributed by atoms with Crippen LogP contribution >= 0.6 is 24.0 Å². The number of hydrogen-bond acceptors (Lipinski definition) is 6. The van der Waals surface area contributed by atoms with Crippen molar-refractivity contribution < 1.29 is 18.9 Å². The zero-order valence-electron chi connectivity index (χ0n) is 20.4. The van der Waals surface area contributed by atoms with Gasteiger partial charge in [0.05, 0.1) is 46.6 Å². The number of benzene rings is 1. The highest BCUT2D eigenvalue weighted by Crippen LogP contribution is 2.31. The summed E-state index contributed by atoms with van der Waals surface area (Å²) in [7, 11) is 9.17. The molecule has 1 N–H and O–H groups in total. The summed E-state index contributed by atoms with van der Waals surface area (Å²) in [5, 5.41) is 3.46. The maximum atomic E-state index is 5.73. The number of guanidine groups is 1. The Morgan fingerprint density at radius 2 is 1.94 bits per heavy atom. The average molecular weight is 565 g/mol. The number of rotatable bonds is 12. The number of likely N-dealkylation sites (N-methyl/N-ethyl adjacent to an activating group) is 1. The second-order valence-electron chi connectivity index (χ2n) is 7.96. The summed E-state index contributed by atoms with van der Waals surface area (Å²) in [6.45, 7) is 7.61. The molecular weight excluding hydrogens is 523 g/mol. The molecule has 1 aliphatic heterocycles. The molecule has 9 heteroatoms. The van der Waals surface area contributed by atoms with Crippen molar-refractivity contribution in [2.45, 2.75) is 19.4 Å². The second-order valence-corrected chi connectivity index (χ2v) is 7.96. The minimum Gasteiger partial charge on any atom is -0.493 e. The minimum atomic E-state index is 0. The molecule has 0 aromatic heterocycles. The molecule has 2 unspecified atom stereocenters. The van der Waals surface area contributed by atoms with Crippen LogP contribution in [0.15, 0.2) is 23.2 Å². The molecule has 0 spiro atoms. The van der Waals surface area contributed by atoms with Crippen molar-refractivity contribution in [2.75, 3.05) is 81.4 Å². The molecule has 0 amide bonds. The lowest BCUT2D eigenvalue weighted by Gasteiger charge is -2.26. The number of nitrogens with one attached hydrogen (secondary N) is 1. The molecule has 0 bridgehead atoms. The summed E-state index contributed by atoms with van der Waals surface area (Å²) in [4.78, 5) is 9.52. The largest absolute Gasteiger partial charge is 0.493 e. The minimum absolute atomic E-state index is 0. The van der Waals surface area contributed by atoms with E-state index in [1.165, 1.54) is 0 Å². The molecule has 32 heavy (non-hydrogen) atoms. The first-order valence-corrected chi connectivity index (χ1v) is 11.0. The van der Waals surface area contributed by atoms with Gasteiger partial charge in [-0.3, -0.25) is 4.99 Å². The summed E-state index contributed by atoms with van der Waals surface area (Å²) in [6, 6.07) is 6.20. The van der Waals surface area contributed by atoms with E-state index in [2.05, 4.69) is 42.2 Å². The summed E-state index contributed by atoms with van der Waals surface area (Å²) < 4.78 is 21.7. The highest BCUT2D eigenvalue weighted by atomic mass is 127. The van der Waals surface area contributed by atoms with Crippen molar-refractivity contribution in [2.24, 2.45) is 10.9 Å². The number of likely N-dealkylation sites (tertiary alicyclic amines) is 1. The third-order valence-corrected chi connectivity index (χ3v) is 5.54. The van der Waals surface area contributed by atoms with Gasteiger partial charge < -0.3 is 34.1 Å². The van der Waals surface area contributed by atoms with Gasteiger partial charge in [-0.1, -0.05) is 6.07 Å². The SMILES string of the molecule is CCNC(=NCC(c1ccc(OC)c(OC)c1)N(C)C)N1CCC(COCCOC)C1.I. The van der Waals surface area contributed by atoms with Crippen molar-refractivity contribution in [3.8, 4) is 11.5 Å². The Labute approximate surface area is 210 Å². The van der Waals surface area contributed by atoms with Crippen LogP contribution in [0.3, 0.4) is 0 Å². The number of hydrogen-bond donors (Lipinski definition) is 1.